The fraction of sp³-hybridized carbons (Fsp3) is 0.455. The van der Waals surface area contributed by atoms with Gasteiger partial charge in [0.1, 0.15) is 0 Å². The Morgan fingerprint density at radius 2 is 1.60 bits per heavy atom. The van der Waals surface area contributed by atoms with E-state index in [9.17, 15) is 5.11 Å². The third kappa shape index (κ3) is 1.66. The molecule has 0 saturated heterocycles. The molecular formula is C11H16N3O-. The van der Waals surface area contributed by atoms with Crippen molar-refractivity contribution in [1.82, 2.24) is 5.12 Å². The summed E-state index contributed by atoms with van der Waals surface area (Å²) in [6.07, 6.45) is -0.593. The number of fused-ring (bicyclic) bond motifs is 1. The van der Waals surface area contributed by atoms with Gasteiger partial charge in [0.15, 0.2) is 0 Å². The molecule has 4 nitrogen and oxygen atoms in total. The minimum absolute atomic E-state index is 0.488. The van der Waals surface area contributed by atoms with Gasteiger partial charge in [0, 0.05) is 20.6 Å². The van der Waals surface area contributed by atoms with Gasteiger partial charge in [-0.2, -0.15) is 0 Å². The smallest absolute Gasteiger partial charge is 0.0784 e. The van der Waals surface area contributed by atoms with E-state index in [1.165, 1.54) is 0 Å². The lowest BCUT2D eigenvalue weighted by atomic mass is 10.3. The first-order valence-corrected chi connectivity index (χ1v) is 5.11. The molecule has 1 aromatic carbocycles. The topological polar surface area (TPSA) is 32.8 Å². The summed E-state index contributed by atoms with van der Waals surface area (Å²) in [5, 5.41) is 17.2. The van der Waals surface area contributed by atoms with Gasteiger partial charge in [0.25, 0.3) is 0 Å². The van der Waals surface area contributed by atoms with Crippen molar-refractivity contribution in [3.05, 3.63) is 24.3 Å². The predicted molar refractivity (Wildman–Crippen MR) is 59.4 cm³/mol. The van der Waals surface area contributed by atoms with E-state index < -0.39 is 6.10 Å². The van der Waals surface area contributed by atoms with Crippen LogP contribution in [0.4, 0.5) is 11.4 Å². The Balaban J connectivity index is 2.28. The van der Waals surface area contributed by atoms with Crippen LogP contribution in [-0.2, 0) is 0 Å². The Morgan fingerprint density at radius 1 is 1.13 bits per heavy atom. The monoisotopic (exact) mass is 206 g/mol. The van der Waals surface area contributed by atoms with E-state index >= 15 is 0 Å². The summed E-state index contributed by atoms with van der Waals surface area (Å²) in [4.78, 5) is 0. The highest BCUT2D eigenvalue weighted by Gasteiger charge is 2.27. The van der Waals surface area contributed by atoms with Crippen LogP contribution >= 0.6 is 0 Å². The van der Waals surface area contributed by atoms with Crippen LogP contribution in [0.5, 0.6) is 0 Å². The maximum absolute atomic E-state index is 11.2. The second-order valence-electron chi connectivity index (χ2n) is 3.90. The normalized spacial score (nSPS) is 18.1. The summed E-state index contributed by atoms with van der Waals surface area (Å²) in [6.45, 7) is 2.17. The summed E-state index contributed by atoms with van der Waals surface area (Å²) in [5.74, 6) is 0. The fourth-order valence-electron chi connectivity index (χ4n) is 1.94. The highest BCUT2D eigenvalue weighted by molar-refractivity contribution is 5.73. The molecule has 0 spiro atoms. The molecule has 0 N–H and O–H groups in total. The van der Waals surface area contributed by atoms with Crippen molar-refractivity contribution in [3.8, 4) is 0 Å². The third-order valence-electron chi connectivity index (χ3n) is 2.69. The summed E-state index contributed by atoms with van der Waals surface area (Å²) in [5.41, 5.74) is 2.28. The average molecular weight is 206 g/mol. The van der Waals surface area contributed by atoms with Gasteiger partial charge in [0.05, 0.1) is 11.4 Å². The zero-order valence-electron chi connectivity index (χ0n) is 9.34. The van der Waals surface area contributed by atoms with Gasteiger partial charge in [-0.05, 0) is 12.1 Å². The summed E-state index contributed by atoms with van der Waals surface area (Å²) >= 11 is 0. The molecule has 1 aliphatic rings. The molecule has 1 aliphatic heterocycles. The summed E-state index contributed by atoms with van der Waals surface area (Å²) in [6, 6.07) is 8.13. The molecule has 0 aromatic heterocycles. The molecule has 1 atom stereocenters. The number of benzene rings is 1. The molecule has 82 valence electrons. The van der Waals surface area contributed by atoms with Gasteiger partial charge < -0.3 is 5.11 Å². The number of hydrazine groups is 2. The van der Waals surface area contributed by atoms with Crippen molar-refractivity contribution in [1.29, 1.82) is 0 Å². The Morgan fingerprint density at radius 3 is 2.00 bits per heavy atom. The van der Waals surface area contributed by atoms with Crippen molar-refractivity contribution < 1.29 is 5.11 Å². The van der Waals surface area contributed by atoms with E-state index in [0.29, 0.717) is 6.54 Å². The van der Waals surface area contributed by atoms with Crippen LogP contribution in [0.2, 0.25) is 0 Å². The third-order valence-corrected chi connectivity index (χ3v) is 2.69. The Hall–Kier alpha value is -1.26. The lowest BCUT2D eigenvalue weighted by Crippen LogP contribution is -2.50. The molecule has 0 aliphatic carbocycles. The van der Waals surface area contributed by atoms with Gasteiger partial charge in [0.2, 0.25) is 0 Å². The van der Waals surface area contributed by atoms with Crippen LogP contribution in [0, 0.1) is 0 Å². The number of anilines is 2. The molecular weight excluding hydrogens is 190 g/mol. The first-order chi connectivity index (χ1) is 7.11. The van der Waals surface area contributed by atoms with Gasteiger partial charge in [-0.15, -0.1) is 11.2 Å². The molecule has 1 aromatic rings. The van der Waals surface area contributed by atoms with Crippen LogP contribution in [0.3, 0.4) is 0 Å². The highest BCUT2D eigenvalue weighted by atomic mass is 16.3. The van der Waals surface area contributed by atoms with Gasteiger partial charge >= 0.3 is 0 Å². The SMILES string of the molecule is CC([O-])CN1N(C)c2ccccc2N1C. The minimum atomic E-state index is -0.593. The van der Waals surface area contributed by atoms with E-state index in [0.717, 1.165) is 11.4 Å². The van der Waals surface area contributed by atoms with Crippen LogP contribution in [-0.4, -0.2) is 31.9 Å². The molecule has 0 radical (unpaired) electrons. The number of nitrogens with zero attached hydrogens (tertiary/aromatic N) is 3. The van der Waals surface area contributed by atoms with Crippen molar-refractivity contribution in [2.45, 2.75) is 13.0 Å². The van der Waals surface area contributed by atoms with Crippen LogP contribution < -0.4 is 15.1 Å². The van der Waals surface area contributed by atoms with Crippen LogP contribution in [0.1, 0.15) is 6.92 Å². The molecule has 0 fully saturated rings. The van der Waals surface area contributed by atoms with Gasteiger partial charge in [-0.25, -0.2) is 0 Å². The van der Waals surface area contributed by atoms with E-state index in [-0.39, 0.29) is 0 Å². The number of hydrogen-bond acceptors (Lipinski definition) is 4. The van der Waals surface area contributed by atoms with Crippen LogP contribution in [0.25, 0.3) is 0 Å². The second-order valence-corrected chi connectivity index (χ2v) is 3.90. The standard InChI is InChI=1S/C11H16N3O/c1-9(15)8-14-12(2)10-6-4-5-7-11(10)13(14)3/h4-7,9H,8H2,1-3H3/q-1. The van der Waals surface area contributed by atoms with Crippen molar-refractivity contribution >= 4 is 11.4 Å². The molecule has 0 saturated carbocycles. The van der Waals surface area contributed by atoms with Crippen molar-refractivity contribution in [3.63, 3.8) is 0 Å². The lowest BCUT2D eigenvalue weighted by Gasteiger charge is -2.35. The predicted octanol–water partition coefficient (Wildman–Crippen LogP) is 0.453. The molecule has 1 unspecified atom stereocenters. The summed E-state index contributed by atoms with van der Waals surface area (Å²) in [7, 11) is 3.95. The average Bonchev–Trinajstić information content (AvgIpc) is 2.44. The maximum Gasteiger partial charge on any atom is 0.0784 e. The van der Waals surface area contributed by atoms with E-state index in [4.69, 9.17) is 0 Å². The van der Waals surface area contributed by atoms with E-state index in [1.54, 1.807) is 6.92 Å². The zero-order chi connectivity index (χ0) is 11.0. The first-order valence-electron chi connectivity index (χ1n) is 5.11. The number of para-hydroxylation sites is 2. The second kappa shape index (κ2) is 3.72. The first kappa shape index (κ1) is 10.3. The number of hydrogen-bond donors (Lipinski definition) is 0. The van der Waals surface area contributed by atoms with Gasteiger partial charge in [-0.3, -0.25) is 10.0 Å². The maximum atomic E-state index is 11.2. The van der Waals surface area contributed by atoms with E-state index in [2.05, 4.69) is 12.1 Å². The molecule has 15 heavy (non-hydrogen) atoms. The lowest BCUT2D eigenvalue weighted by molar-refractivity contribution is -0.415. The Kier molecular flexibility index (Phi) is 2.54. The fourth-order valence-corrected chi connectivity index (χ4v) is 1.94. The van der Waals surface area contributed by atoms with Crippen molar-refractivity contribution in [2.75, 3.05) is 30.7 Å². The molecule has 2 rings (SSSR count). The zero-order valence-corrected chi connectivity index (χ0v) is 9.34. The quantitative estimate of drug-likeness (QED) is 0.703. The number of rotatable bonds is 2. The summed E-state index contributed by atoms with van der Waals surface area (Å²) < 4.78 is 0. The minimum Gasteiger partial charge on any atom is -0.851 e. The van der Waals surface area contributed by atoms with E-state index in [1.807, 2.05) is 41.4 Å². The molecule has 0 amide bonds. The molecule has 1 heterocycles. The highest BCUT2D eigenvalue weighted by Crippen LogP contribution is 2.35. The van der Waals surface area contributed by atoms with Crippen molar-refractivity contribution in [2.24, 2.45) is 0 Å². The molecule has 0 bridgehead atoms. The Labute approximate surface area is 90.3 Å². The van der Waals surface area contributed by atoms with Gasteiger partial charge in [-0.1, -0.05) is 19.1 Å². The largest absolute Gasteiger partial charge is 0.851 e. The van der Waals surface area contributed by atoms with Crippen LogP contribution in [0.15, 0.2) is 24.3 Å². The molecule has 4 heteroatoms. The Bertz CT molecular complexity index is 324.